The Balaban J connectivity index is 1.58. The monoisotopic (exact) mass is 493 g/mol. The summed E-state index contributed by atoms with van der Waals surface area (Å²) in [5.74, 6) is -0.497. The fourth-order valence-corrected chi connectivity index (χ4v) is 3.86. The van der Waals surface area contributed by atoms with Gasteiger partial charge in [0.05, 0.1) is 17.2 Å². The minimum absolute atomic E-state index is 0.143. The summed E-state index contributed by atoms with van der Waals surface area (Å²) in [4.78, 5) is 28.4. The van der Waals surface area contributed by atoms with E-state index in [0.29, 0.717) is 25.5 Å². The molecule has 0 saturated carbocycles. The topological polar surface area (TPSA) is 87.7 Å². The Morgan fingerprint density at radius 3 is 2.23 bits per heavy atom. The van der Waals surface area contributed by atoms with Crippen LogP contribution >= 0.6 is 0 Å². The van der Waals surface area contributed by atoms with Gasteiger partial charge in [0.1, 0.15) is 0 Å². The van der Waals surface area contributed by atoms with Crippen molar-refractivity contribution in [2.45, 2.75) is 33.1 Å². The van der Waals surface area contributed by atoms with E-state index in [1.165, 1.54) is 23.1 Å². The molecule has 1 saturated heterocycles. The lowest BCUT2D eigenvalue weighted by molar-refractivity contribution is -0.138. The Hall–Kier alpha value is -3.21. The van der Waals surface area contributed by atoms with Crippen LogP contribution in [0.2, 0.25) is 0 Å². The molecule has 1 fully saturated rings. The van der Waals surface area contributed by atoms with Gasteiger partial charge in [0.15, 0.2) is 11.5 Å². The Kier molecular flexibility index (Phi) is 7.99. The van der Waals surface area contributed by atoms with E-state index in [0.717, 1.165) is 6.07 Å². The van der Waals surface area contributed by atoms with Gasteiger partial charge in [-0.2, -0.15) is 13.2 Å². The molecule has 8 nitrogen and oxygen atoms in total. The van der Waals surface area contributed by atoms with E-state index in [9.17, 15) is 22.8 Å². The molecule has 1 atom stereocenters. The molecule has 190 valence electrons. The maximum Gasteiger partial charge on any atom is 0.417 e. The third-order valence-electron chi connectivity index (χ3n) is 5.94. The molecule has 0 radical (unpaired) electrons. The van der Waals surface area contributed by atoms with E-state index in [-0.39, 0.29) is 41.8 Å². The molecular weight excluding hydrogens is 463 g/mol. The number of hydrogen-bond donors (Lipinski definition) is 1. The average Bonchev–Trinajstić information content (AvgIpc) is 2.82. The van der Waals surface area contributed by atoms with Crippen molar-refractivity contribution in [1.29, 1.82) is 0 Å². The van der Waals surface area contributed by atoms with Gasteiger partial charge in [-0.3, -0.25) is 9.59 Å². The highest BCUT2D eigenvalue weighted by atomic mass is 19.4. The van der Waals surface area contributed by atoms with Gasteiger partial charge in [-0.15, -0.1) is 10.2 Å². The third-order valence-corrected chi connectivity index (χ3v) is 5.94. The molecule has 1 aliphatic rings. The number of carbonyl (C=O) groups excluding carboxylic acids is 2. The second-order valence-corrected chi connectivity index (χ2v) is 9.40. The minimum atomic E-state index is -4.60. The molecule has 2 heterocycles. The van der Waals surface area contributed by atoms with Crippen LogP contribution < -0.4 is 10.2 Å². The first-order chi connectivity index (χ1) is 16.4. The predicted molar refractivity (Wildman–Crippen MR) is 124 cm³/mol. The van der Waals surface area contributed by atoms with Crippen LogP contribution in [0.4, 0.5) is 19.0 Å². The zero-order valence-corrected chi connectivity index (χ0v) is 20.2. The molecule has 2 amide bonds. The van der Waals surface area contributed by atoms with E-state index in [4.69, 9.17) is 4.74 Å². The molecule has 1 aromatic carbocycles. The molecule has 0 bridgehead atoms. The van der Waals surface area contributed by atoms with E-state index in [1.54, 1.807) is 19.2 Å². The maximum absolute atomic E-state index is 13.3. The average molecular weight is 494 g/mol. The zero-order chi connectivity index (χ0) is 25.8. The molecule has 0 aliphatic carbocycles. The van der Waals surface area contributed by atoms with Gasteiger partial charge < -0.3 is 19.9 Å². The molecule has 1 unspecified atom stereocenters. The first-order valence-electron chi connectivity index (χ1n) is 11.3. The summed E-state index contributed by atoms with van der Waals surface area (Å²) in [5, 5.41) is 10.9. The maximum atomic E-state index is 13.3. The Labute approximate surface area is 202 Å². The number of ether oxygens (including phenoxy) is 1. The molecule has 3 rings (SSSR count). The summed E-state index contributed by atoms with van der Waals surface area (Å²) in [6.45, 7) is 7.61. The number of nitrogens with one attached hydrogen (secondary N) is 1. The number of hydrogen-bond acceptors (Lipinski definition) is 6. The highest BCUT2D eigenvalue weighted by Gasteiger charge is 2.36. The summed E-state index contributed by atoms with van der Waals surface area (Å²) in [7, 11) is 1.60. The second-order valence-electron chi connectivity index (χ2n) is 9.40. The molecule has 1 aliphatic heterocycles. The number of piperazine rings is 1. The van der Waals surface area contributed by atoms with Crippen LogP contribution in [0.5, 0.6) is 0 Å². The number of amides is 2. The van der Waals surface area contributed by atoms with Gasteiger partial charge in [-0.1, -0.05) is 32.9 Å². The Bertz CT molecular complexity index is 1030. The largest absolute Gasteiger partial charge is 0.417 e. The number of aromatic nitrogens is 2. The van der Waals surface area contributed by atoms with Gasteiger partial charge in [-0.05, 0) is 29.7 Å². The minimum Gasteiger partial charge on any atom is -0.379 e. The molecular formula is C24H30F3N5O3. The summed E-state index contributed by atoms with van der Waals surface area (Å²) in [6.07, 6.45) is -4.77. The molecule has 35 heavy (non-hydrogen) atoms. The van der Waals surface area contributed by atoms with Crippen molar-refractivity contribution in [2.75, 3.05) is 44.7 Å². The van der Waals surface area contributed by atoms with Gasteiger partial charge in [-0.25, -0.2) is 0 Å². The summed E-state index contributed by atoms with van der Waals surface area (Å²) in [5.41, 5.74) is -1.28. The van der Waals surface area contributed by atoms with Crippen LogP contribution in [-0.2, 0) is 10.9 Å². The van der Waals surface area contributed by atoms with Gasteiger partial charge in [0.2, 0.25) is 0 Å². The number of halogens is 3. The summed E-state index contributed by atoms with van der Waals surface area (Å²) in [6, 6.07) is 8.02. The van der Waals surface area contributed by atoms with Crippen LogP contribution in [0, 0.1) is 5.41 Å². The normalized spacial score (nSPS) is 15.6. The fraction of sp³-hybridized carbons (Fsp3) is 0.500. The summed E-state index contributed by atoms with van der Waals surface area (Å²) < 4.78 is 45.3. The van der Waals surface area contributed by atoms with Crippen molar-refractivity contribution in [3.05, 3.63) is 53.2 Å². The molecule has 1 N–H and O–H groups in total. The van der Waals surface area contributed by atoms with Crippen molar-refractivity contribution in [3.63, 3.8) is 0 Å². The zero-order valence-electron chi connectivity index (χ0n) is 20.2. The quantitative estimate of drug-likeness (QED) is 0.665. The van der Waals surface area contributed by atoms with Crippen LogP contribution in [0.3, 0.4) is 0 Å². The first-order valence-corrected chi connectivity index (χ1v) is 11.3. The molecule has 2 aromatic rings. The Morgan fingerprint density at radius 1 is 1.03 bits per heavy atom. The van der Waals surface area contributed by atoms with Crippen molar-refractivity contribution in [1.82, 2.24) is 20.4 Å². The van der Waals surface area contributed by atoms with Crippen LogP contribution in [0.15, 0.2) is 36.4 Å². The molecule has 0 spiro atoms. The number of methoxy groups -OCH3 is 1. The third kappa shape index (κ3) is 6.47. The SMILES string of the molecule is COC(CNC(=O)c1ccc(N2CCN(C(=O)c3ccccc3C(F)(F)F)CC2)nn1)C(C)(C)C. The van der Waals surface area contributed by atoms with E-state index < -0.39 is 17.6 Å². The second kappa shape index (κ2) is 10.6. The van der Waals surface area contributed by atoms with Crippen molar-refractivity contribution < 1.29 is 27.5 Å². The molecule has 1 aromatic heterocycles. The van der Waals surface area contributed by atoms with E-state index >= 15 is 0 Å². The van der Waals surface area contributed by atoms with Gasteiger partial charge in [0.25, 0.3) is 11.8 Å². The van der Waals surface area contributed by atoms with Gasteiger partial charge in [0, 0.05) is 39.8 Å². The fourth-order valence-electron chi connectivity index (χ4n) is 3.86. The number of carbonyl (C=O) groups is 2. The lowest BCUT2D eigenvalue weighted by Gasteiger charge is -2.35. The van der Waals surface area contributed by atoms with Crippen LogP contribution in [0.1, 0.15) is 47.2 Å². The summed E-state index contributed by atoms with van der Waals surface area (Å²) >= 11 is 0. The highest BCUT2D eigenvalue weighted by Crippen LogP contribution is 2.32. The Morgan fingerprint density at radius 2 is 1.69 bits per heavy atom. The predicted octanol–water partition coefficient (Wildman–Crippen LogP) is 3.25. The van der Waals surface area contributed by atoms with E-state index in [1.807, 2.05) is 25.7 Å². The number of rotatable bonds is 6. The lowest BCUT2D eigenvalue weighted by atomic mass is 9.89. The molecule has 11 heteroatoms. The van der Waals surface area contributed by atoms with Crippen molar-refractivity contribution >= 4 is 17.6 Å². The lowest BCUT2D eigenvalue weighted by Crippen LogP contribution is -2.49. The van der Waals surface area contributed by atoms with Crippen LogP contribution in [-0.4, -0.2) is 72.8 Å². The van der Waals surface area contributed by atoms with Crippen LogP contribution in [0.25, 0.3) is 0 Å². The van der Waals surface area contributed by atoms with Gasteiger partial charge >= 0.3 is 6.18 Å². The standard InChI is InChI=1S/C24H30F3N5O3/c1-23(2,3)19(35-4)15-28-21(33)18-9-10-20(30-29-18)31-11-13-32(14-12-31)22(34)16-7-5-6-8-17(16)24(25,26)27/h5-10,19H,11-15H2,1-4H3,(H,28,33). The van der Waals surface area contributed by atoms with Crippen molar-refractivity contribution in [3.8, 4) is 0 Å². The number of alkyl halides is 3. The van der Waals surface area contributed by atoms with E-state index in [2.05, 4.69) is 15.5 Å². The number of benzene rings is 1. The number of nitrogens with zero attached hydrogens (tertiary/aromatic N) is 4. The highest BCUT2D eigenvalue weighted by molar-refractivity contribution is 5.96. The first kappa shape index (κ1) is 26.4. The smallest absolute Gasteiger partial charge is 0.379 e. The number of anilines is 1. The van der Waals surface area contributed by atoms with Crippen molar-refractivity contribution in [2.24, 2.45) is 5.41 Å².